The number of rotatable bonds is 3. The molecule has 0 radical (unpaired) electrons. The fourth-order valence-corrected chi connectivity index (χ4v) is 4.59. The quantitative estimate of drug-likeness (QED) is 0.792. The smallest absolute Gasteiger partial charge is 0.237 e. The minimum absolute atomic E-state index is 0.0279. The lowest BCUT2D eigenvalue weighted by atomic mass is 9.85. The second-order valence-electron chi connectivity index (χ2n) is 7.80. The van der Waals surface area contributed by atoms with Crippen molar-refractivity contribution in [3.8, 4) is 0 Å². The summed E-state index contributed by atoms with van der Waals surface area (Å²) >= 11 is 0. The third-order valence-electron chi connectivity index (χ3n) is 6.06. The zero-order valence-corrected chi connectivity index (χ0v) is 14.8. The number of anilines is 1. The van der Waals surface area contributed by atoms with Crippen molar-refractivity contribution < 1.29 is 9.59 Å². The first kappa shape index (κ1) is 16.6. The van der Waals surface area contributed by atoms with Gasteiger partial charge in [0.1, 0.15) is 0 Å². The van der Waals surface area contributed by atoms with Crippen LogP contribution in [0.25, 0.3) is 0 Å². The van der Waals surface area contributed by atoms with Gasteiger partial charge in [-0.05, 0) is 55.7 Å². The highest BCUT2D eigenvalue weighted by molar-refractivity contribution is 5.93. The molecule has 0 aromatic heterocycles. The van der Waals surface area contributed by atoms with Crippen molar-refractivity contribution in [2.24, 2.45) is 5.92 Å². The van der Waals surface area contributed by atoms with Crippen molar-refractivity contribution >= 4 is 17.5 Å². The molecule has 1 aliphatic carbocycles. The van der Waals surface area contributed by atoms with Gasteiger partial charge in [0.15, 0.2) is 0 Å². The van der Waals surface area contributed by atoms with Crippen LogP contribution >= 0.6 is 0 Å². The van der Waals surface area contributed by atoms with Gasteiger partial charge in [-0.3, -0.25) is 9.59 Å². The highest BCUT2D eigenvalue weighted by Gasteiger charge is 2.38. The summed E-state index contributed by atoms with van der Waals surface area (Å²) in [4.78, 5) is 24.1. The van der Waals surface area contributed by atoms with Gasteiger partial charge in [0.25, 0.3) is 0 Å². The van der Waals surface area contributed by atoms with Crippen LogP contribution in [-0.2, 0) is 16.0 Å². The fourth-order valence-electron chi connectivity index (χ4n) is 4.59. The van der Waals surface area contributed by atoms with Crippen LogP contribution in [-0.4, -0.2) is 23.9 Å². The Balaban J connectivity index is 1.39. The number of amides is 2. The monoisotopic (exact) mass is 341 g/mol. The molecular formula is C20H27N3O2. The maximum Gasteiger partial charge on any atom is 0.237 e. The van der Waals surface area contributed by atoms with Gasteiger partial charge in [0, 0.05) is 18.2 Å². The maximum absolute atomic E-state index is 12.7. The molecule has 134 valence electrons. The summed E-state index contributed by atoms with van der Waals surface area (Å²) in [6.45, 7) is 2.03. The average molecular weight is 341 g/mol. The molecule has 4 atom stereocenters. The van der Waals surface area contributed by atoms with Crippen molar-refractivity contribution in [2.45, 2.75) is 70.0 Å². The molecule has 5 heteroatoms. The largest absolute Gasteiger partial charge is 0.348 e. The predicted octanol–water partition coefficient (Wildman–Crippen LogP) is 2.67. The molecule has 0 bridgehead atoms. The third kappa shape index (κ3) is 3.43. The standard InChI is InChI=1S/C20H27N3O2/c1-12(13-6-8-17-15(10-13)7-9-19(24)23-17)21-20(25)18-11-14-4-2-3-5-16(14)22-18/h6,8,10,12,14,16,18,22H,2-5,7,9,11H2,1H3,(H,21,25)(H,23,24). The molecule has 2 heterocycles. The molecule has 3 N–H and O–H groups in total. The van der Waals surface area contributed by atoms with E-state index in [4.69, 9.17) is 0 Å². The molecule has 2 aliphatic heterocycles. The molecule has 25 heavy (non-hydrogen) atoms. The number of fused-ring (bicyclic) bond motifs is 2. The molecule has 1 aromatic rings. The van der Waals surface area contributed by atoms with E-state index in [2.05, 4.69) is 22.0 Å². The molecular weight excluding hydrogens is 314 g/mol. The number of hydrogen-bond donors (Lipinski definition) is 3. The summed E-state index contributed by atoms with van der Waals surface area (Å²) < 4.78 is 0. The van der Waals surface area contributed by atoms with Crippen LogP contribution in [0, 0.1) is 5.92 Å². The maximum atomic E-state index is 12.7. The van der Waals surface area contributed by atoms with E-state index >= 15 is 0 Å². The van der Waals surface area contributed by atoms with Crippen LogP contribution in [0.5, 0.6) is 0 Å². The van der Waals surface area contributed by atoms with Gasteiger partial charge >= 0.3 is 0 Å². The van der Waals surface area contributed by atoms with Crippen molar-refractivity contribution in [3.63, 3.8) is 0 Å². The Morgan fingerprint density at radius 1 is 1.24 bits per heavy atom. The molecule has 1 saturated heterocycles. The Labute approximate surface area is 148 Å². The first-order valence-electron chi connectivity index (χ1n) is 9.59. The first-order chi connectivity index (χ1) is 12.1. The second-order valence-corrected chi connectivity index (χ2v) is 7.80. The summed E-state index contributed by atoms with van der Waals surface area (Å²) in [6, 6.07) is 6.52. The van der Waals surface area contributed by atoms with Crippen LogP contribution in [0.1, 0.15) is 62.6 Å². The van der Waals surface area contributed by atoms with E-state index in [1.165, 1.54) is 25.7 Å². The van der Waals surface area contributed by atoms with Gasteiger partial charge in [-0.15, -0.1) is 0 Å². The van der Waals surface area contributed by atoms with Gasteiger partial charge in [0.2, 0.25) is 11.8 Å². The van der Waals surface area contributed by atoms with Crippen molar-refractivity contribution in [2.75, 3.05) is 5.32 Å². The van der Waals surface area contributed by atoms with Gasteiger partial charge in [0.05, 0.1) is 12.1 Å². The van der Waals surface area contributed by atoms with E-state index < -0.39 is 0 Å². The van der Waals surface area contributed by atoms with E-state index in [1.807, 2.05) is 19.1 Å². The molecule has 3 aliphatic rings. The van der Waals surface area contributed by atoms with E-state index in [0.29, 0.717) is 18.4 Å². The molecule has 1 aromatic carbocycles. The minimum Gasteiger partial charge on any atom is -0.348 e. The summed E-state index contributed by atoms with van der Waals surface area (Å²) in [7, 11) is 0. The van der Waals surface area contributed by atoms with Crippen molar-refractivity contribution in [1.29, 1.82) is 0 Å². The topological polar surface area (TPSA) is 70.2 Å². The van der Waals surface area contributed by atoms with Crippen LogP contribution in [0.3, 0.4) is 0 Å². The van der Waals surface area contributed by atoms with E-state index in [0.717, 1.165) is 29.7 Å². The van der Waals surface area contributed by atoms with Gasteiger partial charge < -0.3 is 16.0 Å². The fraction of sp³-hybridized carbons (Fsp3) is 0.600. The first-order valence-corrected chi connectivity index (χ1v) is 9.59. The number of aryl methyl sites for hydroxylation is 1. The number of carbonyl (C=O) groups is 2. The second kappa shape index (κ2) is 6.79. The van der Waals surface area contributed by atoms with Crippen LogP contribution in [0.15, 0.2) is 18.2 Å². The highest BCUT2D eigenvalue weighted by Crippen LogP contribution is 2.33. The van der Waals surface area contributed by atoms with E-state index in [-0.39, 0.29) is 23.9 Å². The summed E-state index contributed by atoms with van der Waals surface area (Å²) in [6.07, 6.45) is 7.33. The van der Waals surface area contributed by atoms with Crippen molar-refractivity contribution in [3.05, 3.63) is 29.3 Å². The Bertz CT molecular complexity index is 674. The van der Waals surface area contributed by atoms with Crippen LogP contribution in [0.4, 0.5) is 5.69 Å². The van der Waals surface area contributed by atoms with Crippen LogP contribution < -0.4 is 16.0 Å². The van der Waals surface area contributed by atoms with E-state index in [9.17, 15) is 9.59 Å². The zero-order valence-electron chi connectivity index (χ0n) is 14.8. The highest BCUT2D eigenvalue weighted by atomic mass is 16.2. The van der Waals surface area contributed by atoms with Gasteiger partial charge in [-0.1, -0.05) is 25.0 Å². The lowest BCUT2D eigenvalue weighted by Crippen LogP contribution is -2.43. The summed E-state index contributed by atoms with van der Waals surface area (Å²) in [5.74, 6) is 0.871. The lowest BCUT2D eigenvalue weighted by molar-refractivity contribution is -0.123. The molecule has 1 saturated carbocycles. The SMILES string of the molecule is CC(NC(=O)C1CC2CCCCC2N1)c1ccc2c(c1)CCC(=O)N2. The summed E-state index contributed by atoms with van der Waals surface area (Å²) in [5.41, 5.74) is 3.15. The van der Waals surface area contributed by atoms with Gasteiger partial charge in [-0.25, -0.2) is 0 Å². The molecule has 2 fully saturated rings. The Morgan fingerprint density at radius 3 is 2.92 bits per heavy atom. The Morgan fingerprint density at radius 2 is 2.08 bits per heavy atom. The average Bonchev–Trinajstić information content (AvgIpc) is 3.05. The van der Waals surface area contributed by atoms with E-state index in [1.54, 1.807) is 0 Å². The molecule has 2 amide bonds. The predicted molar refractivity (Wildman–Crippen MR) is 97.2 cm³/mol. The molecule has 4 rings (SSSR count). The number of nitrogens with one attached hydrogen (secondary N) is 3. The van der Waals surface area contributed by atoms with Crippen LogP contribution in [0.2, 0.25) is 0 Å². The normalized spacial score (nSPS) is 29.3. The number of hydrogen-bond acceptors (Lipinski definition) is 3. The zero-order chi connectivity index (χ0) is 17.4. The summed E-state index contributed by atoms with van der Waals surface area (Å²) in [5, 5.41) is 9.62. The molecule has 5 nitrogen and oxygen atoms in total. The van der Waals surface area contributed by atoms with Crippen molar-refractivity contribution in [1.82, 2.24) is 10.6 Å². The minimum atomic E-state index is -0.0486. The third-order valence-corrected chi connectivity index (χ3v) is 6.06. The Kier molecular flexibility index (Phi) is 4.50. The number of carbonyl (C=O) groups excluding carboxylic acids is 2. The number of benzene rings is 1. The molecule has 4 unspecified atom stereocenters. The van der Waals surface area contributed by atoms with Gasteiger partial charge in [-0.2, -0.15) is 0 Å². The lowest BCUT2D eigenvalue weighted by Gasteiger charge is -2.24. The molecule has 0 spiro atoms. The Hall–Kier alpha value is -1.88.